The lowest BCUT2D eigenvalue weighted by atomic mass is 9.84. The van der Waals surface area contributed by atoms with E-state index in [1.807, 2.05) is 19.1 Å². The quantitative estimate of drug-likeness (QED) is 0.646. The number of hydrogen-bond donors (Lipinski definition) is 1. The fraction of sp³-hybridized carbons (Fsp3) is 0.429. The number of Topliss-reactive ketones (excluding diaryl/α,β-unsaturated/α-hetero) is 1. The van der Waals surface area contributed by atoms with Gasteiger partial charge in [-0.25, -0.2) is 0 Å². The Morgan fingerprint density at radius 3 is 2.29 bits per heavy atom. The molecule has 0 aliphatic heterocycles. The van der Waals surface area contributed by atoms with Crippen molar-refractivity contribution in [2.75, 3.05) is 0 Å². The molecule has 3 nitrogen and oxygen atoms in total. The summed E-state index contributed by atoms with van der Waals surface area (Å²) in [5.41, 5.74) is 2.33. The molecule has 0 unspecified atom stereocenters. The topological polar surface area (TPSA) is 54.4 Å². The van der Waals surface area contributed by atoms with Gasteiger partial charge < -0.3 is 5.11 Å². The van der Waals surface area contributed by atoms with E-state index in [4.69, 9.17) is 5.11 Å². The van der Waals surface area contributed by atoms with Crippen molar-refractivity contribution in [1.29, 1.82) is 0 Å². The molecule has 0 bridgehead atoms. The van der Waals surface area contributed by atoms with Gasteiger partial charge in [0, 0.05) is 5.56 Å². The van der Waals surface area contributed by atoms with Crippen LogP contribution < -0.4 is 0 Å². The second-order valence-electron chi connectivity index (χ2n) is 5.27. The molecule has 0 saturated carbocycles. The van der Waals surface area contributed by atoms with Crippen LogP contribution in [0.1, 0.15) is 48.7 Å². The number of carboxylic acid groups (broad SMARTS) is 1. The SMILES string of the molecule is Cc1ccc(C(C)(C)C)cc1C(=O)CC(=O)O. The fourth-order valence-electron chi connectivity index (χ4n) is 1.62. The van der Waals surface area contributed by atoms with Crippen LogP contribution in [0.15, 0.2) is 18.2 Å². The maximum Gasteiger partial charge on any atom is 0.311 e. The highest BCUT2D eigenvalue weighted by atomic mass is 16.4. The highest BCUT2D eigenvalue weighted by Crippen LogP contribution is 2.25. The molecular weight excluding hydrogens is 216 g/mol. The van der Waals surface area contributed by atoms with E-state index in [0.717, 1.165) is 11.1 Å². The normalized spacial score (nSPS) is 11.3. The van der Waals surface area contributed by atoms with Crippen molar-refractivity contribution in [2.24, 2.45) is 0 Å². The summed E-state index contributed by atoms with van der Waals surface area (Å²) in [6.45, 7) is 8.00. The van der Waals surface area contributed by atoms with Crippen molar-refractivity contribution < 1.29 is 14.7 Å². The summed E-state index contributed by atoms with van der Waals surface area (Å²) < 4.78 is 0. The zero-order valence-electron chi connectivity index (χ0n) is 10.7. The van der Waals surface area contributed by atoms with Gasteiger partial charge in [-0.3, -0.25) is 9.59 Å². The van der Waals surface area contributed by atoms with Crippen molar-refractivity contribution in [3.63, 3.8) is 0 Å². The number of hydrogen-bond acceptors (Lipinski definition) is 2. The van der Waals surface area contributed by atoms with E-state index in [1.54, 1.807) is 6.07 Å². The van der Waals surface area contributed by atoms with E-state index in [2.05, 4.69) is 20.8 Å². The van der Waals surface area contributed by atoms with E-state index < -0.39 is 12.4 Å². The summed E-state index contributed by atoms with van der Waals surface area (Å²) in [7, 11) is 0. The molecule has 17 heavy (non-hydrogen) atoms. The number of benzene rings is 1. The molecule has 3 heteroatoms. The van der Waals surface area contributed by atoms with Crippen molar-refractivity contribution in [2.45, 2.75) is 39.5 Å². The highest BCUT2D eigenvalue weighted by molar-refractivity contribution is 6.06. The Hall–Kier alpha value is -1.64. The Kier molecular flexibility index (Phi) is 3.71. The van der Waals surface area contributed by atoms with Crippen LogP contribution in [0.5, 0.6) is 0 Å². The fourth-order valence-corrected chi connectivity index (χ4v) is 1.62. The number of rotatable bonds is 3. The van der Waals surface area contributed by atoms with Gasteiger partial charge in [-0.05, 0) is 29.5 Å². The van der Waals surface area contributed by atoms with Gasteiger partial charge in [0.1, 0.15) is 6.42 Å². The average Bonchev–Trinajstić information content (AvgIpc) is 2.15. The van der Waals surface area contributed by atoms with Crippen LogP contribution in [-0.2, 0) is 10.2 Å². The molecule has 0 amide bonds. The van der Waals surface area contributed by atoms with Crippen molar-refractivity contribution in [3.05, 3.63) is 34.9 Å². The molecule has 1 aromatic carbocycles. The standard InChI is InChI=1S/C14H18O3/c1-9-5-6-10(14(2,3)4)7-11(9)12(15)8-13(16)17/h5-7H,8H2,1-4H3,(H,16,17). The smallest absolute Gasteiger partial charge is 0.311 e. The zero-order chi connectivity index (χ0) is 13.2. The van der Waals surface area contributed by atoms with Gasteiger partial charge in [-0.15, -0.1) is 0 Å². The summed E-state index contributed by atoms with van der Waals surface area (Å²) in [6, 6.07) is 5.66. The molecule has 0 radical (unpaired) electrons. The third kappa shape index (κ3) is 3.41. The lowest BCUT2D eigenvalue weighted by molar-refractivity contribution is -0.135. The van der Waals surface area contributed by atoms with Gasteiger partial charge in [0.2, 0.25) is 0 Å². The number of carboxylic acids is 1. The molecule has 0 heterocycles. The van der Waals surface area contributed by atoms with Crippen molar-refractivity contribution >= 4 is 11.8 Å². The minimum absolute atomic E-state index is 0.0496. The first kappa shape index (κ1) is 13.4. The predicted octanol–water partition coefficient (Wildman–Crippen LogP) is 2.95. The molecule has 0 saturated heterocycles. The third-order valence-electron chi connectivity index (χ3n) is 2.72. The van der Waals surface area contributed by atoms with Crippen LogP contribution in [0, 0.1) is 6.92 Å². The van der Waals surface area contributed by atoms with Gasteiger partial charge in [-0.2, -0.15) is 0 Å². The molecule has 1 N–H and O–H groups in total. The third-order valence-corrected chi connectivity index (χ3v) is 2.72. The Morgan fingerprint density at radius 1 is 1.24 bits per heavy atom. The van der Waals surface area contributed by atoms with Gasteiger partial charge >= 0.3 is 5.97 Å². The van der Waals surface area contributed by atoms with Crippen LogP contribution >= 0.6 is 0 Å². The number of aliphatic carboxylic acids is 1. The van der Waals surface area contributed by atoms with E-state index in [1.165, 1.54) is 0 Å². The van der Waals surface area contributed by atoms with Gasteiger partial charge in [-0.1, -0.05) is 32.9 Å². The first-order chi connectivity index (χ1) is 7.71. The number of carbonyl (C=O) groups is 2. The van der Waals surface area contributed by atoms with Gasteiger partial charge in [0.05, 0.1) is 0 Å². The maximum absolute atomic E-state index is 11.8. The van der Waals surface area contributed by atoms with Gasteiger partial charge in [0.25, 0.3) is 0 Å². The predicted molar refractivity (Wildman–Crippen MR) is 66.5 cm³/mol. The minimum Gasteiger partial charge on any atom is -0.481 e. The van der Waals surface area contributed by atoms with Crippen LogP contribution in [0.4, 0.5) is 0 Å². The van der Waals surface area contributed by atoms with Gasteiger partial charge in [0.15, 0.2) is 5.78 Å². The molecule has 0 fully saturated rings. The first-order valence-corrected chi connectivity index (χ1v) is 5.58. The van der Waals surface area contributed by atoms with E-state index in [0.29, 0.717) is 5.56 Å². The number of ketones is 1. The molecule has 0 aliphatic rings. The van der Waals surface area contributed by atoms with Crippen LogP contribution in [0.3, 0.4) is 0 Å². The highest BCUT2D eigenvalue weighted by Gasteiger charge is 2.18. The van der Waals surface area contributed by atoms with Crippen molar-refractivity contribution in [1.82, 2.24) is 0 Å². The second kappa shape index (κ2) is 4.70. The Labute approximate surface area is 101 Å². The Balaban J connectivity index is 3.15. The Morgan fingerprint density at radius 2 is 1.82 bits per heavy atom. The number of aryl methyl sites for hydroxylation is 1. The Bertz CT molecular complexity index is 453. The van der Waals surface area contributed by atoms with Crippen molar-refractivity contribution in [3.8, 4) is 0 Å². The lowest BCUT2D eigenvalue weighted by Gasteiger charge is -2.20. The van der Waals surface area contributed by atoms with E-state index in [-0.39, 0.29) is 11.2 Å². The summed E-state index contributed by atoms with van der Waals surface area (Å²) in [5, 5.41) is 8.64. The zero-order valence-corrected chi connectivity index (χ0v) is 10.7. The molecule has 0 aromatic heterocycles. The summed E-state index contributed by atoms with van der Waals surface area (Å²) in [5.74, 6) is -1.42. The number of carbonyl (C=O) groups excluding carboxylic acids is 1. The molecule has 1 aromatic rings. The average molecular weight is 234 g/mol. The van der Waals surface area contributed by atoms with E-state index in [9.17, 15) is 9.59 Å². The first-order valence-electron chi connectivity index (χ1n) is 5.58. The summed E-state index contributed by atoms with van der Waals surface area (Å²) >= 11 is 0. The summed E-state index contributed by atoms with van der Waals surface area (Å²) in [6.07, 6.45) is -0.450. The second-order valence-corrected chi connectivity index (χ2v) is 5.27. The maximum atomic E-state index is 11.8. The largest absolute Gasteiger partial charge is 0.481 e. The minimum atomic E-state index is -1.09. The van der Waals surface area contributed by atoms with Crippen LogP contribution in [0.2, 0.25) is 0 Å². The van der Waals surface area contributed by atoms with E-state index >= 15 is 0 Å². The summed E-state index contributed by atoms with van der Waals surface area (Å²) in [4.78, 5) is 22.3. The monoisotopic (exact) mass is 234 g/mol. The van der Waals surface area contributed by atoms with Crippen LogP contribution in [-0.4, -0.2) is 16.9 Å². The lowest BCUT2D eigenvalue weighted by Crippen LogP contribution is -2.14. The molecule has 0 spiro atoms. The molecular formula is C14H18O3. The molecule has 0 atom stereocenters. The molecule has 0 aliphatic carbocycles. The molecule has 92 valence electrons. The van der Waals surface area contributed by atoms with Crippen LogP contribution in [0.25, 0.3) is 0 Å². The molecule has 1 rings (SSSR count).